The Hall–Kier alpha value is -1.95. The number of thioether (sulfide) groups is 1. The largest absolute Gasteiger partial charge is 0.497 e. The Balaban J connectivity index is 2.11. The molecule has 1 aromatic carbocycles. The third-order valence-electron chi connectivity index (χ3n) is 3.60. The molecule has 1 aromatic heterocycles. The summed E-state index contributed by atoms with van der Waals surface area (Å²) in [4.78, 5) is 12.1. The van der Waals surface area contributed by atoms with E-state index in [-0.39, 0.29) is 16.4 Å². The van der Waals surface area contributed by atoms with Gasteiger partial charge in [-0.1, -0.05) is 12.1 Å². The fraction of sp³-hybridized carbons (Fsp3) is 0.333. The standard InChI is InChI=1S/C15H17N3O2S/c1-8-12-13(10-5-4-6-11(7-10)20-3)21-9(2)15(19)16-14(12)18-17-8/h4-7,9,13H,1-3H3,(H2,16,17,18,19)/t9-,13+/m0/s1. The molecule has 2 atom stereocenters. The molecule has 1 aliphatic heterocycles. The molecule has 5 nitrogen and oxygen atoms in total. The molecule has 0 fully saturated rings. The molecule has 0 bridgehead atoms. The van der Waals surface area contributed by atoms with Gasteiger partial charge in [-0.3, -0.25) is 9.89 Å². The van der Waals surface area contributed by atoms with E-state index in [0.717, 1.165) is 22.6 Å². The summed E-state index contributed by atoms with van der Waals surface area (Å²) < 4.78 is 5.31. The highest BCUT2D eigenvalue weighted by atomic mass is 32.2. The normalized spacial score (nSPS) is 21.4. The van der Waals surface area contributed by atoms with Gasteiger partial charge in [0.2, 0.25) is 5.91 Å². The van der Waals surface area contributed by atoms with E-state index in [9.17, 15) is 4.79 Å². The number of ether oxygens (including phenoxy) is 1. The molecular formula is C15H17N3O2S. The molecule has 0 unspecified atom stereocenters. The molecule has 1 aliphatic rings. The van der Waals surface area contributed by atoms with Crippen molar-refractivity contribution in [3.8, 4) is 5.75 Å². The maximum Gasteiger partial charge on any atom is 0.238 e. The third-order valence-corrected chi connectivity index (χ3v) is 5.01. The van der Waals surface area contributed by atoms with E-state index in [0.29, 0.717) is 5.82 Å². The summed E-state index contributed by atoms with van der Waals surface area (Å²) in [6.45, 7) is 3.89. The monoisotopic (exact) mass is 303 g/mol. The molecule has 0 saturated heterocycles. The van der Waals surface area contributed by atoms with E-state index in [2.05, 4.69) is 21.6 Å². The minimum atomic E-state index is -0.144. The lowest BCUT2D eigenvalue weighted by molar-refractivity contribution is -0.115. The van der Waals surface area contributed by atoms with E-state index in [1.165, 1.54) is 0 Å². The van der Waals surface area contributed by atoms with Crippen LogP contribution in [-0.4, -0.2) is 28.5 Å². The van der Waals surface area contributed by atoms with Crippen LogP contribution in [0.3, 0.4) is 0 Å². The summed E-state index contributed by atoms with van der Waals surface area (Å²) in [5, 5.41) is 9.97. The summed E-state index contributed by atoms with van der Waals surface area (Å²) in [5.74, 6) is 1.42. The number of aromatic nitrogens is 2. The number of carbonyl (C=O) groups excluding carboxylic acids is 1. The third kappa shape index (κ3) is 2.51. The van der Waals surface area contributed by atoms with Gasteiger partial charge in [0.05, 0.1) is 17.6 Å². The number of benzene rings is 1. The number of rotatable bonds is 2. The molecule has 2 aromatic rings. The van der Waals surface area contributed by atoms with Crippen molar-refractivity contribution in [2.45, 2.75) is 24.3 Å². The Morgan fingerprint density at radius 2 is 2.19 bits per heavy atom. The zero-order valence-corrected chi connectivity index (χ0v) is 13.0. The molecule has 110 valence electrons. The number of hydrogen-bond acceptors (Lipinski definition) is 4. The summed E-state index contributed by atoms with van der Waals surface area (Å²) >= 11 is 1.62. The first-order chi connectivity index (χ1) is 10.1. The predicted molar refractivity (Wildman–Crippen MR) is 83.8 cm³/mol. The first-order valence-corrected chi connectivity index (χ1v) is 7.69. The van der Waals surface area contributed by atoms with Gasteiger partial charge in [0.25, 0.3) is 0 Å². The van der Waals surface area contributed by atoms with Crippen molar-refractivity contribution < 1.29 is 9.53 Å². The lowest BCUT2D eigenvalue weighted by atomic mass is 10.0. The smallest absolute Gasteiger partial charge is 0.238 e. The number of hydrogen-bond donors (Lipinski definition) is 2. The van der Waals surface area contributed by atoms with Gasteiger partial charge >= 0.3 is 0 Å². The molecule has 6 heteroatoms. The Labute approximate surface area is 127 Å². The maximum atomic E-state index is 12.1. The second kappa shape index (κ2) is 5.44. The maximum absolute atomic E-state index is 12.1. The van der Waals surface area contributed by atoms with Gasteiger partial charge in [0.15, 0.2) is 5.82 Å². The van der Waals surface area contributed by atoms with Gasteiger partial charge in [0.1, 0.15) is 5.75 Å². The zero-order chi connectivity index (χ0) is 15.0. The van der Waals surface area contributed by atoms with Crippen LogP contribution in [0, 0.1) is 6.92 Å². The number of fused-ring (bicyclic) bond motifs is 1. The van der Waals surface area contributed by atoms with Crippen molar-refractivity contribution in [1.29, 1.82) is 0 Å². The number of carbonyl (C=O) groups is 1. The number of anilines is 1. The Kier molecular flexibility index (Phi) is 3.63. The summed E-state index contributed by atoms with van der Waals surface area (Å²) in [5.41, 5.74) is 3.11. The van der Waals surface area contributed by atoms with Gasteiger partial charge in [-0.25, -0.2) is 0 Å². The highest BCUT2D eigenvalue weighted by Gasteiger charge is 2.32. The van der Waals surface area contributed by atoms with E-state index in [1.54, 1.807) is 18.9 Å². The lowest BCUT2D eigenvalue weighted by Crippen LogP contribution is -2.21. The molecule has 0 radical (unpaired) electrons. The van der Waals surface area contributed by atoms with E-state index in [1.807, 2.05) is 32.0 Å². The average molecular weight is 303 g/mol. The highest BCUT2D eigenvalue weighted by molar-refractivity contribution is 8.01. The second-order valence-electron chi connectivity index (χ2n) is 5.04. The van der Waals surface area contributed by atoms with E-state index >= 15 is 0 Å². The van der Waals surface area contributed by atoms with Gasteiger partial charge < -0.3 is 10.1 Å². The number of aryl methyl sites for hydroxylation is 1. The van der Waals surface area contributed by atoms with Crippen LogP contribution in [0.1, 0.15) is 29.0 Å². The van der Waals surface area contributed by atoms with Crippen molar-refractivity contribution in [3.05, 3.63) is 41.1 Å². The minimum absolute atomic E-state index is 0.0156. The molecule has 21 heavy (non-hydrogen) atoms. The van der Waals surface area contributed by atoms with Crippen LogP contribution in [-0.2, 0) is 4.79 Å². The predicted octanol–water partition coefficient (Wildman–Crippen LogP) is 2.89. The van der Waals surface area contributed by atoms with Crippen LogP contribution in [0.25, 0.3) is 0 Å². The van der Waals surface area contributed by atoms with Crippen LogP contribution in [0.15, 0.2) is 24.3 Å². The van der Waals surface area contributed by atoms with Crippen molar-refractivity contribution in [2.24, 2.45) is 0 Å². The number of nitrogens with zero attached hydrogens (tertiary/aromatic N) is 1. The number of nitrogens with one attached hydrogen (secondary N) is 2. The quantitative estimate of drug-likeness (QED) is 0.895. The Morgan fingerprint density at radius 3 is 2.95 bits per heavy atom. The first kappa shape index (κ1) is 14.0. The molecule has 0 aliphatic carbocycles. The number of H-pyrrole nitrogens is 1. The minimum Gasteiger partial charge on any atom is -0.497 e. The topological polar surface area (TPSA) is 67.0 Å². The fourth-order valence-corrected chi connectivity index (χ4v) is 3.78. The van der Waals surface area contributed by atoms with E-state index < -0.39 is 0 Å². The summed E-state index contributed by atoms with van der Waals surface area (Å²) in [6.07, 6.45) is 0. The highest BCUT2D eigenvalue weighted by Crippen LogP contribution is 2.45. The van der Waals surface area contributed by atoms with Crippen molar-refractivity contribution in [1.82, 2.24) is 10.2 Å². The Morgan fingerprint density at radius 1 is 1.38 bits per heavy atom. The van der Waals surface area contributed by atoms with Gasteiger partial charge in [-0.15, -0.1) is 11.8 Å². The van der Waals surface area contributed by atoms with Crippen LogP contribution in [0.2, 0.25) is 0 Å². The fourth-order valence-electron chi connectivity index (χ4n) is 2.46. The van der Waals surface area contributed by atoms with E-state index in [4.69, 9.17) is 4.74 Å². The summed E-state index contributed by atoms with van der Waals surface area (Å²) in [6, 6.07) is 7.95. The average Bonchev–Trinajstić information content (AvgIpc) is 2.78. The van der Waals surface area contributed by atoms with Crippen molar-refractivity contribution in [2.75, 3.05) is 12.4 Å². The molecule has 2 heterocycles. The van der Waals surface area contributed by atoms with Crippen LogP contribution >= 0.6 is 11.8 Å². The molecule has 0 spiro atoms. The van der Waals surface area contributed by atoms with Gasteiger partial charge in [-0.05, 0) is 31.5 Å². The number of methoxy groups -OCH3 is 1. The molecule has 3 rings (SSSR count). The molecule has 1 amide bonds. The first-order valence-electron chi connectivity index (χ1n) is 6.75. The lowest BCUT2D eigenvalue weighted by Gasteiger charge is -2.18. The Bertz CT molecular complexity index is 683. The van der Waals surface area contributed by atoms with Crippen LogP contribution in [0.4, 0.5) is 5.82 Å². The van der Waals surface area contributed by atoms with Crippen LogP contribution < -0.4 is 10.1 Å². The van der Waals surface area contributed by atoms with Gasteiger partial charge in [-0.2, -0.15) is 5.10 Å². The van der Waals surface area contributed by atoms with Crippen molar-refractivity contribution >= 4 is 23.5 Å². The van der Waals surface area contributed by atoms with Gasteiger partial charge in [0, 0.05) is 11.3 Å². The SMILES string of the molecule is COc1cccc([C@H]2S[C@@H](C)C(=O)Nc3n[nH]c(C)c32)c1. The summed E-state index contributed by atoms with van der Waals surface area (Å²) in [7, 11) is 1.65. The number of amides is 1. The molecule has 2 N–H and O–H groups in total. The molecular weight excluding hydrogens is 286 g/mol. The van der Waals surface area contributed by atoms with Crippen LogP contribution in [0.5, 0.6) is 5.75 Å². The molecule has 0 saturated carbocycles. The second-order valence-corrected chi connectivity index (χ2v) is 6.49. The zero-order valence-electron chi connectivity index (χ0n) is 12.1. The van der Waals surface area contributed by atoms with Crippen molar-refractivity contribution in [3.63, 3.8) is 0 Å². The number of aromatic amines is 1.